The molecule has 0 aliphatic carbocycles. The molecule has 2 atom stereocenters. The highest BCUT2D eigenvalue weighted by Gasteiger charge is 2.51. The van der Waals surface area contributed by atoms with Crippen molar-refractivity contribution >= 4 is 17.5 Å². The molecule has 152 valence electrons. The summed E-state index contributed by atoms with van der Waals surface area (Å²) < 4.78 is 10.2. The van der Waals surface area contributed by atoms with E-state index in [1.807, 2.05) is 0 Å². The molecule has 1 aliphatic rings. The summed E-state index contributed by atoms with van der Waals surface area (Å²) in [6.45, 7) is 0.686. The van der Waals surface area contributed by atoms with Crippen molar-refractivity contribution in [3.8, 4) is 11.5 Å². The number of likely N-dealkylation sites (tertiary alicyclic amines) is 1. The van der Waals surface area contributed by atoms with Crippen LogP contribution < -0.4 is 4.74 Å². The van der Waals surface area contributed by atoms with Crippen molar-refractivity contribution in [2.75, 3.05) is 27.4 Å². The van der Waals surface area contributed by atoms with Crippen LogP contribution in [0.5, 0.6) is 11.5 Å². The third-order valence-corrected chi connectivity index (χ3v) is 5.04. The van der Waals surface area contributed by atoms with E-state index in [9.17, 15) is 19.5 Å². The topological polar surface area (TPSA) is 93.1 Å². The maximum absolute atomic E-state index is 13.2. The fourth-order valence-electron chi connectivity index (χ4n) is 3.64. The Kier molecular flexibility index (Phi) is 6.29. The van der Waals surface area contributed by atoms with Crippen LogP contribution in [0.15, 0.2) is 48.5 Å². The average molecular weight is 397 g/mol. The van der Waals surface area contributed by atoms with Crippen LogP contribution >= 0.6 is 0 Å². The molecule has 1 N–H and O–H groups in total. The number of phenols is 1. The fraction of sp³-hybridized carbons (Fsp3) is 0.318. The normalized spacial score (nSPS) is 18.9. The number of carbonyl (C=O) groups is 3. The highest BCUT2D eigenvalue weighted by atomic mass is 16.5. The average Bonchev–Trinajstić information content (AvgIpc) is 2.99. The Hall–Kier alpha value is -3.19. The molecule has 0 spiro atoms. The first-order valence-electron chi connectivity index (χ1n) is 9.29. The van der Waals surface area contributed by atoms with E-state index in [1.54, 1.807) is 49.6 Å². The standard InChI is InChI=1S/C22H23NO6/c1-28-12-6-11-23-19(15-9-10-16(24)17(13-15)29-2)18(21(26)22(23)27)20(25)14-7-4-3-5-8-14/h3-5,7-10,13,18-19,24H,6,11-12H2,1-2H3. The molecule has 0 bridgehead atoms. The van der Waals surface area contributed by atoms with Crippen LogP contribution in [0, 0.1) is 5.92 Å². The summed E-state index contributed by atoms with van der Waals surface area (Å²) in [7, 11) is 2.97. The predicted molar refractivity (Wildman–Crippen MR) is 105 cm³/mol. The summed E-state index contributed by atoms with van der Waals surface area (Å²) in [5, 5.41) is 9.92. The van der Waals surface area contributed by atoms with Crippen molar-refractivity contribution in [3.05, 3.63) is 59.7 Å². The van der Waals surface area contributed by atoms with Gasteiger partial charge in [0, 0.05) is 25.8 Å². The number of phenolic OH excluding ortho intramolecular Hbond substituents is 1. The lowest BCUT2D eigenvalue weighted by Gasteiger charge is -2.27. The summed E-state index contributed by atoms with van der Waals surface area (Å²) in [4.78, 5) is 40.2. The first-order chi connectivity index (χ1) is 14.0. The van der Waals surface area contributed by atoms with Crippen LogP contribution in [0.3, 0.4) is 0 Å². The van der Waals surface area contributed by atoms with E-state index in [0.717, 1.165) is 0 Å². The Morgan fingerprint density at radius 2 is 1.83 bits per heavy atom. The maximum atomic E-state index is 13.2. The van der Waals surface area contributed by atoms with Gasteiger partial charge < -0.3 is 19.5 Å². The molecular weight excluding hydrogens is 374 g/mol. The second kappa shape index (κ2) is 8.87. The lowest BCUT2D eigenvalue weighted by Crippen LogP contribution is -2.32. The van der Waals surface area contributed by atoms with E-state index in [4.69, 9.17) is 9.47 Å². The second-order valence-corrected chi connectivity index (χ2v) is 6.79. The van der Waals surface area contributed by atoms with Gasteiger partial charge in [-0.3, -0.25) is 14.4 Å². The Labute approximate surface area is 168 Å². The highest BCUT2D eigenvalue weighted by Crippen LogP contribution is 2.40. The first kappa shape index (κ1) is 20.5. The molecule has 2 unspecified atom stereocenters. The van der Waals surface area contributed by atoms with E-state index >= 15 is 0 Å². The second-order valence-electron chi connectivity index (χ2n) is 6.79. The van der Waals surface area contributed by atoms with Crippen LogP contribution in [-0.2, 0) is 14.3 Å². The molecule has 1 heterocycles. The Balaban J connectivity index is 2.05. The van der Waals surface area contributed by atoms with Crippen LogP contribution in [0.1, 0.15) is 28.4 Å². The molecule has 0 saturated carbocycles. The lowest BCUT2D eigenvalue weighted by molar-refractivity contribution is -0.140. The number of amides is 1. The summed E-state index contributed by atoms with van der Waals surface area (Å²) in [5.41, 5.74) is 0.915. The SMILES string of the molecule is COCCCN1C(=O)C(=O)C(C(=O)c2ccccc2)C1c1ccc(O)c(OC)c1. The molecule has 0 radical (unpaired) electrons. The number of benzene rings is 2. The smallest absolute Gasteiger partial charge is 0.291 e. The molecule has 0 aromatic heterocycles. The van der Waals surface area contributed by atoms with E-state index in [2.05, 4.69) is 0 Å². The number of carbonyl (C=O) groups excluding carboxylic acids is 3. The quantitative estimate of drug-likeness (QED) is 0.318. The lowest BCUT2D eigenvalue weighted by atomic mass is 9.86. The first-order valence-corrected chi connectivity index (χ1v) is 9.29. The van der Waals surface area contributed by atoms with Crippen molar-refractivity contribution in [2.24, 2.45) is 5.92 Å². The van der Waals surface area contributed by atoms with E-state index in [1.165, 1.54) is 18.1 Å². The van der Waals surface area contributed by atoms with Gasteiger partial charge in [-0.25, -0.2) is 0 Å². The van der Waals surface area contributed by atoms with Crippen LogP contribution in [0.4, 0.5) is 0 Å². The summed E-state index contributed by atoms with van der Waals surface area (Å²) in [6, 6.07) is 12.3. The predicted octanol–water partition coefficient (Wildman–Crippen LogP) is 2.39. The van der Waals surface area contributed by atoms with Crippen molar-refractivity contribution in [2.45, 2.75) is 12.5 Å². The molecule has 1 amide bonds. The molecule has 7 heteroatoms. The summed E-state index contributed by atoms with van der Waals surface area (Å²) in [6.07, 6.45) is 0.521. The molecule has 2 aromatic carbocycles. The number of hydrogen-bond acceptors (Lipinski definition) is 6. The van der Waals surface area contributed by atoms with E-state index in [0.29, 0.717) is 24.2 Å². The van der Waals surface area contributed by atoms with Gasteiger partial charge >= 0.3 is 0 Å². The minimum atomic E-state index is -1.17. The molecule has 29 heavy (non-hydrogen) atoms. The Morgan fingerprint density at radius 1 is 1.10 bits per heavy atom. The number of ether oxygens (including phenoxy) is 2. The van der Waals surface area contributed by atoms with Crippen molar-refractivity contribution in [1.29, 1.82) is 0 Å². The van der Waals surface area contributed by atoms with Crippen LogP contribution in [-0.4, -0.2) is 54.9 Å². The number of aromatic hydroxyl groups is 1. The van der Waals surface area contributed by atoms with Crippen LogP contribution in [0.25, 0.3) is 0 Å². The number of rotatable bonds is 8. The fourth-order valence-corrected chi connectivity index (χ4v) is 3.64. The molecule has 3 rings (SSSR count). The van der Waals surface area contributed by atoms with Gasteiger partial charge in [0.15, 0.2) is 17.3 Å². The van der Waals surface area contributed by atoms with Crippen molar-refractivity contribution < 1.29 is 29.0 Å². The number of ketones is 2. The highest BCUT2D eigenvalue weighted by molar-refractivity contribution is 6.44. The van der Waals surface area contributed by atoms with Crippen molar-refractivity contribution in [3.63, 3.8) is 0 Å². The minimum Gasteiger partial charge on any atom is -0.504 e. The number of methoxy groups -OCH3 is 2. The third-order valence-electron chi connectivity index (χ3n) is 5.04. The molecule has 7 nitrogen and oxygen atoms in total. The van der Waals surface area contributed by atoms with E-state index in [-0.39, 0.29) is 18.0 Å². The van der Waals surface area contributed by atoms with Gasteiger partial charge in [-0.05, 0) is 24.1 Å². The van der Waals surface area contributed by atoms with Gasteiger partial charge in [0.05, 0.1) is 13.2 Å². The summed E-state index contributed by atoms with van der Waals surface area (Å²) >= 11 is 0. The molecule has 1 saturated heterocycles. The van der Waals surface area contributed by atoms with E-state index < -0.39 is 29.4 Å². The van der Waals surface area contributed by atoms with Gasteiger partial charge in [0.1, 0.15) is 5.92 Å². The Bertz CT molecular complexity index is 911. The molecule has 1 fully saturated rings. The zero-order valence-electron chi connectivity index (χ0n) is 16.3. The number of nitrogens with zero attached hydrogens (tertiary/aromatic N) is 1. The number of Topliss-reactive ketones (excluding diaryl/α,β-unsaturated/α-hetero) is 2. The summed E-state index contributed by atoms with van der Waals surface area (Å²) in [5.74, 6) is -2.85. The van der Waals surface area contributed by atoms with Gasteiger partial charge in [0.25, 0.3) is 5.91 Å². The minimum absolute atomic E-state index is 0.0660. The van der Waals surface area contributed by atoms with Gasteiger partial charge in [0.2, 0.25) is 5.78 Å². The van der Waals surface area contributed by atoms with Crippen molar-refractivity contribution in [1.82, 2.24) is 4.90 Å². The number of hydrogen-bond donors (Lipinski definition) is 1. The Morgan fingerprint density at radius 3 is 2.48 bits per heavy atom. The molecule has 1 aliphatic heterocycles. The monoisotopic (exact) mass is 397 g/mol. The van der Waals surface area contributed by atoms with Gasteiger partial charge in [-0.1, -0.05) is 36.4 Å². The zero-order valence-corrected chi connectivity index (χ0v) is 16.3. The maximum Gasteiger partial charge on any atom is 0.291 e. The third kappa shape index (κ3) is 4.00. The molecular formula is C22H23NO6. The van der Waals surface area contributed by atoms with Crippen LogP contribution in [0.2, 0.25) is 0 Å². The van der Waals surface area contributed by atoms with Gasteiger partial charge in [-0.2, -0.15) is 0 Å². The molecule has 2 aromatic rings. The van der Waals surface area contributed by atoms with Gasteiger partial charge in [-0.15, -0.1) is 0 Å². The largest absolute Gasteiger partial charge is 0.504 e. The zero-order chi connectivity index (χ0) is 21.0.